The highest BCUT2D eigenvalue weighted by atomic mass is 32.2. The second-order valence-corrected chi connectivity index (χ2v) is 7.57. The third-order valence-corrected chi connectivity index (χ3v) is 5.96. The minimum Gasteiger partial charge on any atom is -0.342 e. The van der Waals surface area contributed by atoms with Gasteiger partial charge in [0.2, 0.25) is 11.8 Å². The highest BCUT2D eigenvalue weighted by Gasteiger charge is 2.51. The maximum absolute atomic E-state index is 12.8. The highest BCUT2D eigenvalue weighted by molar-refractivity contribution is 8.00. The van der Waals surface area contributed by atoms with E-state index in [0.29, 0.717) is 24.1 Å². The number of hydrogen-bond donors (Lipinski definition) is 1. The van der Waals surface area contributed by atoms with E-state index in [9.17, 15) is 9.59 Å². The molecule has 0 radical (unpaired) electrons. The molecule has 106 valence electrons. The highest BCUT2D eigenvalue weighted by Crippen LogP contribution is 2.41. The fraction of sp³-hybridized carbons (Fsp3) is 0.857. The van der Waals surface area contributed by atoms with Gasteiger partial charge in [-0.2, -0.15) is 11.8 Å². The average Bonchev–Trinajstić information content (AvgIpc) is 3.13. The molecule has 19 heavy (non-hydrogen) atoms. The summed E-state index contributed by atoms with van der Waals surface area (Å²) in [5, 5.41) is 3.55. The Hall–Kier alpha value is -0.710. The summed E-state index contributed by atoms with van der Waals surface area (Å²) in [5.74, 6) is 1.74. The van der Waals surface area contributed by atoms with Crippen LogP contribution in [0.25, 0.3) is 0 Å². The summed E-state index contributed by atoms with van der Waals surface area (Å²) >= 11 is 1.97. The summed E-state index contributed by atoms with van der Waals surface area (Å²) in [4.78, 5) is 26.6. The Bertz CT molecular complexity index is 391. The quantitative estimate of drug-likeness (QED) is 0.851. The third-order valence-electron chi connectivity index (χ3n) is 4.58. The van der Waals surface area contributed by atoms with E-state index in [1.54, 1.807) is 0 Å². The van der Waals surface area contributed by atoms with Crippen LogP contribution in [0, 0.1) is 5.92 Å². The van der Waals surface area contributed by atoms with E-state index < -0.39 is 5.54 Å². The Morgan fingerprint density at radius 1 is 1.37 bits per heavy atom. The lowest BCUT2D eigenvalue weighted by atomic mass is 9.94. The molecule has 3 aliphatic rings. The second-order valence-electron chi connectivity index (χ2n) is 6.16. The molecule has 1 saturated carbocycles. The van der Waals surface area contributed by atoms with Crippen LogP contribution in [0.2, 0.25) is 0 Å². The number of carbonyl (C=O) groups excluding carboxylic acids is 2. The second kappa shape index (κ2) is 5.00. The van der Waals surface area contributed by atoms with Crippen LogP contribution >= 0.6 is 11.8 Å². The van der Waals surface area contributed by atoms with Gasteiger partial charge in [0.15, 0.2) is 0 Å². The molecule has 0 spiro atoms. The van der Waals surface area contributed by atoms with Gasteiger partial charge in [0, 0.05) is 24.8 Å². The molecule has 3 rings (SSSR count). The number of hydrogen-bond acceptors (Lipinski definition) is 3. The molecule has 4 nitrogen and oxygen atoms in total. The Labute approximate surface area is 118 Å². The molecular weight excluding hydrogens is 260 g/mol. The first-order chi connectivity index (χ1) is 9.09. The van der Waals surface area contributed by atoms with Crippen molar-refractivity contribution in [3.63, 3.8) is 0 Å². The Balaban J connectivity index is 1.75. The van der Waals surface area contributed by atoms with Crippen molar-refractivity contribution in [1.82, 2.24) is 10.2 Å². The van der Waals surface area contributed by atoms with Crippen LogP contribution in [0.3, 0.4) is 0 Å². The predicted molar refractivity (Wildman–Crippen MR) is 75.9 cm³/mol. The van der Waals surface area contributed by atoms with E-state index >= 15 is 0 Å². The van der Waals surface area contributed by atoms with Crippen LogP contribution in [-0.2, 0) is 9.59 Å². The smallest absolute Gasteiger partial charge is 0.248 e. The molecule has 0 aromatic rings. The minimum atomic E-state index is -0.642. The van der Waals surface area contributed by atoms with Gasteiger partial charge in [-0.05, 0) is 44.3 Å². The van der Waals surface area contributed by atoms with Crippen LogP contribution in [0.1, 0.15) is 39.0 Å². The molecule has 2 saturated heterocycles. The number of nitrogens with zero attached hydrogens (tertiary/aromatic N) is 1. The van der Waals surface area contributed by atoms with Crippen molar-refractivity contribution < 1.29 is 9.59 Å². The number of carbonyl (C=O) groups is 2. The zero-order valence-corrected chi connectivity index (χ0v) is 12.3. The van der Waals surface area contributed by atoms with E-state index in [2.05, 4.69) is 5.32 Å². The van der Waals surface area contributed by atoms with Gasteiger partial charge in [0.05, 0.1) is 0 Å². The van der Waals surface area contributed by atoms with Crippen LogP contribution in [0.5, 0.6) is 0 Å². The minimum absolute atomic E-state index is 0.0318. The fourth-order valence-corrected chi connectivity index (χ4v) is 4.50. The van der Waals surface area contributed by atoms with Gasteiger partial charge in [0.25, 0.3) is 0 Å². The molecule has 3 fully saturated rings. The van der Waals surface area contributed by atoms with Gasteiger partial charge in [-0.15, -0.1) is 0 Å². The van der Waals surface area contributed by atoms with E-state index in [-0.39, 0.29) is 11.8 Å². The summed E-state index contributed by atoms with van der Waals surface area (Å²) in [5.41, 5.74) is -0.642. The molecule has 0 aromatic heterocycles. The Morgan fingerprint density at radius 2 is 2.16 bits per heavy atom. The molecule has 1 aliphatic carbocycles. The molecule has 2 aliphatic heterocycles. The fourth-order valence-electron chi connectivity index (χ4n) is 3.22. The largest absolute Gasteiger partial charge is 0.342 e. The molecule has 5 heteroatoms. The maximum atomic E-state index is 12.8. The van der Waals surface area contributed by atoms with Gasteiger partial charge in [0.1, 0.15) is 5.54 Å². The molecule has 2 amide bonds. The predicted octanol–water partition coefficient (Wildman–Crippen LogP) is 1.40. The third kappa shape index (κ3) is 2.62. The lowest BCUT2D eigenvalue weighted by Gasteiger charge is -2.33. The standard InChI is InChI=1S/C14H22N2O2S/c1-14(10-4-5-10)13(18)16(7-6-12(17)15-14)9-11-3-2-8-19-11/h10-11H,2-9H2,1H3,(H,15,17). The zero-order valence-electron chi connectivity index (χ0n) is 11.5. The summed E-state index contributed by atoms with van der Waals surface area (Å²) in [7, 11) is 0. The van der Waals surface area contributed by atoms with E-state index in [4.69, 9.17) is 0 Å². The molecule has 2 heterocycles. The summed E-state index contributed by atoms with van der Waals surface area (Å²) in [6, 6.07) is 0. The van der Waals surface area contributed by atoms with Gasteiger partial charge in [-0.1, -0.05) is 0 Å². The molecule has 1 N–H and O–H groups in total. The van der Waals surface area contributed by atoms with E-state index in [0.717, 1.165) is 19.4 Å². The first-order valence-corrected chi connectivity index (χ1v) is 8.36. The van der Waals surface area contributed by atoms with Crippen molar-refractivity contribution in [1.29, 1.82) is 0 Å². The molecule has 0 bridgehead atoms. The van der Waals surface area contributed by atoms with Crippen molar-refractivity contribution in [3.05, 3.63) is 0 Å². The van der Waals surface area contributed by atoms with Crippen LogP contribution < -0.4 is 5.32 Å². The monoisotopic (exact) mass is 282 g/mol. The van der Waals surface area contributed by atoms with Gasteiger partial charge < -0.3 is 10.2 Å². The van der Waals surface area contributed by atoms with Gasteiger partial charge in [-0.3, -0.25) is 9.59 Å². The van der Waals surface area contributed by atoms with Crippen LogP contribution in [0.4, 0.5) is 0 Å². The number of amides is 2. The van der Waals surface area contributed by atoms with Crippen molar-refractivity contribution in [2.24, 2.45) is 5.92 Å². The van der Waals surface area contributed by atoms with Gasteiger partial charge in [-0.25, -0.2) is 0 Å². The zero-order chi connectivity index (χ0) is 13.5. The topological polar surface area (TPSA) is 49.4 Å². The first kappa shape index (κ1) is 13.3. The lowest BCUT2D eigenvalue weighted by molar-refractivity contribution is -0.139. The number of rotatable bonds is 3. The normalized spacial score (nSPS) is 36.3. The summed E-state index contributed by atoms with van der Waals surface area (Å²) in [6.45, 7) is 3.33. The molecule has 0 aromatic carbocycles. The van der Waals surface area contributed by atoms with Crippen molar-refractivity contribution >= 4 is 23.6 Å². The molecule has 2 atom stereocenters. The maximum Gasteiger partial charge on any atom is 0.248 e. The van der Waals surface area contributed by atoms with Crippen molar-refractivity contribution in [3.8, 4) is 0 Å². The number of thioether (sulfide) groups is 1. The SMILES string of the molecule is CC1(C2CC2)NC(=O)CCN(CC2CCCS2)C1=O. The molecule has 2 unspecified atom stereocenters. The van der Waals surface area contributed by atoms with Crippen LogP contribution in [-0.4, -0.2) is 46.3 Å². The summed E-state index contributed by atoms with van der Waals surface area (Å²) < 4.78 is 0. The Morgan fingerprint density at radius 3 is 2.79 bits per heavy atom. The Kier molecular flexibility index (Phi) is 3.50. The number of nitrogens with one attached hydrogen (secondary N) is 1. The van der Waals surface area contributed by atoms with Gasteiger partial charge >= 0.3 is 0 Å². The van der Waals surface area contributed by atoms with Crippen molar-refractivity contribution in [2.45, 2.75) is 49.8 Å². The van der Waals surface area contributed by atoms with E-state index in [1.807, 2.05) is 23.6 Å². The van der Waals surface area contributed by atoms with Crippen molar-refractivity contribution in [2.75, 3.05) is 18.8 Å². The lowest BCUT2D eigenvalue weighted by Crippen LogP contribution is -2.57. The molecular formula is C14H22N2O2S. The van der Waals surface area contributed by atoms with Crippen LogP contribution in [0.15, 0.2) is 0 Å². The summed E-state index contributed by atoms with van der Waals surface area (Å²) in [6.07, 6.45) is 5.04. The average molecular weight is 282 g/mol. The first-order valence-electron chi connectivity index (χ1n) is 7.31. The van der Waals surface area contributed by atoms with E-state index in [1.165, 1.54) is 18.6 Å².